The largest absolute Gasteiger partial charge is 0.376 e. The van der Waals surface area contributed by atoms with Crippen LogP contribution in [0.2, 0.25) is 0 Å². The number of halogens is 1. The van der Waals surface area contributed by atoms with Crippen LogP contribution in [0.4, 0.5) is 0 Å². The molecule has 0 aromatic carbocycles. The summed E-state index contributed by atoms with van der Waals surface area (Å²) in [7, 11) is 0. The van der Waals surface area contributed by atoms with Crippen molar-refractivity contribution in [1.82, 2.24) is 14.8 Å². The van der Waals surface area contributed by atoms with Gasteiger partial charge in [-0.3, -0.25) is 0 Å². The van der Waals surface area contributed by atoms with Gasteiger partial charge in [0.25, 0.3) is 0 Å². The fourth-order valence-corrected chi connectivity index (χ4v) is 2.15. The fraction of sp³-hybridized carbons (Fsp3) is 0.800. The minimum absolute atomic E-state index is 0.406. The maximum Gasteiger partial charge on any atom is 0.147 e. The van der Waals surface area contributed by atoms with Crippen molar-refractivity contribution in [3.05, 3.63) is 12.2 Å². The summed E-state index contributed by atoms with van der Waals surface area (Å²) in [6.07, 6.45) is 7.22. The molecule has 1 aliphatic rings. The minimum Gasteiger partial charge on any atom is -0.376 e. The van der Waals surface area contributed by atoms with Gasteiger partial charge in [0, 0.05) is 6.54 Å². The van der Waals surface area contributed by atoms with Gasteiger partial charge in [-0.15, -0.1) is 21.8 Å². The fourth-order valence-electron chi connectivity index (χ4n) is 1.94. The molecule has 0 saturated heterocycles. The van der Waals surface area contributed by atoms with Crippen molar-refractivity contribution in [3.8, 4) is 0 Å². The average Bonchev–Trinajstić information content (AvgIpc) is 2.88. The summed E-state index contributed by atoms with van der Waals surface area (Å²) in [5.74, 6) is 1.22. The number of rotatable bonds is 5. The molecule has 0 aliphatic heterocycles. The van der Waals surface area contributed by atoms with Crippen molar-refractivity contribution in [2.24, 2.45) is 0 Å². The highest BCUT2D eigenvalue weighted by Crippen LogP contribution is 2.20. The molecule has 0 N–H and O–H groups in total. The first-order chi connectivity index (χ1) is 7.40. The standard InChI is InChI=1S/C10H16ClN3O/c11-7-10-13-12-8-14(10)5-6-15-9-3-1-2-4-9/h8-9H,1-7H2. The van der Waals surface area contributed by atoms with Crippen LogP contribution in [-0.4, -0.2) is 27.5 Å². The van der Waals surface area contributed by atoms with Crippen molar-refractivity contribution >= 4 is 11.6 Å². The molecule has 5 heteroatoms. The maximum atomic E-state index is 5.76. The second-order valence-corrected chi connectivity index (χ2v) is 4.12. The first-order valence-electron chi connectivity index (χ1n) is 5.44. The number of nitrogens with zero attached hydrogens (tertiary/aromatic N) is 3. The highest BCUT2D eigenvalue weighted by Gasteiger charge is 2.15. The Hall–Kier alpha value is -0.610. The maximum absolute atomic E-state index is 5.76. The van der Waals surface area contributed by atoms with Crippen LogP contribution in [0.15, 0.2) is 6.33 Å². The predicted molar refractivity (Wildman–Crippen MR) is 57.8 cm³/mol. The summed E-state index contributed by atoms with van der Waals surface area (Å²) >= 11 is 5.72. The third-order valence-electron chi connectivity index (χ3n) is 2.80. The van der Waals surface area contributed by atoms with Gasteiger partial charge in [0.15, 0.2) is 0 Å². The number of ether oxygens (including phenoxy) is 1. The van der Waals surface area contributed by atoms with Gasteiger partial charge in [-0.2, -0.15) is 0 Å². The van der Waals surface area contributed by atoms with Gasteiger partial charge in [-0.25, -0.2) is 0 Å². The molecule has 84 valence electrons. The van der Waals surface area contributed by atoms with Crippen molar-refractivity contribution in [1.29, 1.82) is 0 Å². The van der Waals surface area contributed by atoms with E-state index in [1.54, 1.807) is 6.33 Å². The highest BCUT2D eigenvalue weighted by molar-refractivity contribution is 6.16. The molecule has 0 amide bonds. The molecule has 0 radical (unpaired) electrons. The van der Waals surface area contributed by atoms with E-state index in [9.17, 15) is 0 Å². The van der Waals surface area contributed by atoms with Gasteiger partial charge in [0.1, 0.15) is 12.2 Å². The van der Waals surface area contributed by atoms with Crippen molar-refractivity contribution in [2.75, 3.05) is 6.61 Å². The van der Waals surface area contributed by atoms with Crippen LogP contribution < -0.4 is 0 Å². The van der Waals surface area contributed by atoms with E-state index in [2.05, 4.69) is 10.2 Å². The third-order valence-corrected chi connectivity index (χ3v) is 3.04. The number of hydrogen-bond acceptors (Lipinski definition) is 3. The number of alkyl halides is 1. The van der Waals surface area contributed by atoms with Gasteiger partial charge >= 0.3 is 0 Å². The molecule has 1 heterocycles. The second kappa shape index (κ2) is 5.47. The molecule has 15 heavy (non-hydrogen) atoms. The Kier molecular flexibility index (Phi) is 3.97. The average molecular weight is 230 g/mol. The smallest absolute Gasteiger partial charge is 0.147 e. The summed E-state index contributed by atoms with van der Waals surface area (Å²) in [6, 6.07) is 0. The zero-order chi connectivity index (χ0) is 10.5. The zero-order valence-electron chi connectivity index (χ0n) is 8.73. The summed E-state index contributed by atoms with van der Waals surface area (Å²) in [6.45, 7) is 1.53. The molecule has 2 rings (SSSR count). The summed E-state index contributed by atoms with van der Waals surface area (Å²) in [5, 5.41) is 7.73. The highest BCUT2D eigenvalue weighted by atomic mass is 35.5. The molecular formula is C10H16ClN3O. The molecule has 0 atom stereocenters. The van der Waals surface area contributed by atoms with E-state index in [4.69, 9.17) is 16.3 Å². The van der Waals surface area contributed by atoms with Crippen molar-refractivity contribution in [2.45, 2.75) is 44.2 Å². The quantitative estimate of drug-likeness (QED) is 0.725. The van der Waals surface area contributed by atoms with E-state index in [1.807, 2.05) is 4.57 Å². The topological polar surface area (TPSA) is 39.9 Å². The Balaban J connectivity index is 1.73. The molecule has 0 unspecified atom stereocenters. The Morgan fingerprint density at radius 1 is 1.47 bits per heavy atom. The first kappa shape index (κ1) is 10.9. The lowest BCUT2D eigenvalue weighted by Crippen LogP contribution is -2.13. The van der Waals surface area contributed by atoms with Crippen molar-refractivity contribution < 1.29 is 4.74 Å². The molecular weight excluding hydrogens is 214 g/mol. The Labute approximate surface area is 94.6 Å². The molecule has 0 bridgehead atoms. The van der Waals surface area contributed by atoms with Crippen LogP contribution in [0.3, 0.4) is 0 Å². The number of hydrogen-bond donors (Lipinski definition) is 0. The zero-order valence-corrected chi connectivity index (χ0v) is 9.49. The van der Waals surface area contributed by atoms with Crippen LogP contribution in [-0.2, 0) is 17.2 Å². The Bertz CT molecular complexity index is 297. The summed E-state index contributed by atoms with van der Waals surface area (Å²) < 4.78 is 7.70. The van der Waals surface area contributed by atoms with Crippen LogP contribution in [0, 0.1) is 0 Å². The first-order valence-corrected chi connectivity index (χ1v) is 5.98. The van der Waals surface area contributed by atoms with E-state index in [1.165, 1.54) is 25.7 Å². The second-order valence-electron chi connectivity index (χ2n) is 3.85. The molecule has 4 nitrogen and oxygen atoms in total. The van der Waals surface area contributed by atoms with E-state index < -0.39 is 0 Å². The lowest BCUT2D eigenvalue weighted by molar-refractivity contribution is 0.0526. The van der Waals surface area contributed by atoms with E-state index in [0.717, 1.165) is 19.0 Å². The summed E-state index contributed by atoms with van der Waals surface area (Å²) in [4.78, 5) is 0. The van der Waals surface area contributed by atoms with E-state index in [-0.39, 0.29) is 0 Å². The summed E-state index contributed by atoms with van der Waals surface area (Å²) in [5.41, 5.74) is 0. The van der Waals surface area contributed by atoms with Gasteiger partial charge in [0.2, 0.25) is 0 Å². The minimum atomic E-state index is 0.406. The third kappa shape index (κ3) is 2.92. The Morgan fingerprint density at radius 2 is 2.27 bits per heavy atom. The normalized spacial score (nSPS) is 17.4. The van der Waals surface area contributed by atoms with Crippen molar-refractivity contribution in [3.63, 3.8) is 0 Å². The number of aromatic nitrogens is 3. The molecule has 1 fully saturated rings. The Morgan fingerprint density at radius 3 is 3.00 bits per heavy atom. The SMILES string of the molecule is ClCc1nncn1CCOC1CCCC1. The van der Waals surface area contributed by atoms with Gasteiger partial charge in [-0.1, -0.05) is 12.8 Å². The monoisotopic (exact) mass is 229 g/mol. The predicted octanol–water partition coefficient (Wildman–Crippen LogP) is 1.98. The van der Waals surface area contributed by atoms with Crippen LogP contribution in [0.1, 0.15) is 31.5 Å². The van der Waals surface area contributed by atoms with Gasteiger partial charge in [0.05, 0.1) is 18.6 Å². The van der Waals surface area contributed by atoms with Crippen LogP contribution in [0.5, 0.6) is 0 Å². The van der Waals surface area contributed by atoms with Gasteiger partial charge < -0.3 is 9.30 Å². The molecule has 1 saturated carbocycles. The van der Waals surface area contributed by atoms with E-state index in [0.29, 0.717) is 12.0 Å². The molecule has 1 aliphatic carbocycles. The molecule has 0 spiro atoms. The van der Waals surface area contributed by atoms with E-state index >= 15 is 0 Å². The molecule has 1 aromatic rings. The van der Waals surface area contributed by atoms with Gasteiger partial charge in [-0.05, 0) is 12.8 Å². The van der Waals surface area contributed by atoms with Crippen LogP contribution >= 0.6 is 11.6 Å². The van der Waals surface area contributed by atoms with Crippen LogP contribution in [0.25, 0.3) is 0 Å². The lowest BCUT2D eigenvalue weighted by atomic mass is 10.3. The molecule has 1 aromatic heterocycles. The lowest BCUT2D eigenvalue weighted by Gasteiger charge is -2.11.